The van der Waals surface area contributed by atoms with E-state index < -0.39 is 10.8 Å². The number of carbonyl (C=O) groups excluding carboxylic acids is 1. The highest BCUT2D eigenvalue weighted by atomic mass is 79.9. The number of ether oxygens (including phenoxy) is 3. The van der Waals surface area contributed by atoms with Crippen molar-refractivity contribution in [2.24, 2.45) is 0 Å². The fraction of sp³-hybridized carbons (Fsp3) is 0.111. The van der Waals surface area contributed by atoms with E-state index in [1.54, 1.807) is 12.1 Å². The first-order valence-electron chi connectivity index (χ1n) is 7.77. The van der Waals surface area contributed by atoms with Gasteiger partial charge in [0, 0.05) is 16.6 Å². The normalized spacial score (nSPS) is 12.2. The number of amides is 1. The summed E-state index contributed by atoms with van der Waals surface area (Å²) in [7, 11) is 1.36. The van der Waals surface area contributed by atoms with E-state index in [1.165, 1.54) is 25.3 Å². The van der Waals surface area contributed by atoms with Crippen molar-refractivity contribution in [3.05, 3.63) is 56.1 Å². The summed E-state index contributed by atoms with van der Waals surface area (Å²) in [6, 6.07) is 8.89. The molecule has 0 aliphatic carbocycles. The molecular weight excluding hydrogens is 434 g/mol. The Bertz CT molecular complexity index is 1040. The van der Waals surface area contributed by atoms with Gasteiger partial charge in [-0.25, -0.2) is 0 Å². The number of nitrogens with one attached hydrogen (secondary N) is 1. The van der Waals surface area contributed by atoms with Crippen molar-refractivity contribution in [3.63, 3.8) is 0 Å². The molecule has 3 rings (SSSR count). The van der Waals surface area contributed by atoms with E-state index in [2.05, 4.69) is 21.2 Å². The molecule has 0 saturated carbocycles. The summed E-state index contributed by atoms with van der Waals surface area (Å²) in [5, 5.41) is 22.8. The minimum atomic E-state index is -0.745. The number of hydrogen-bond acceptors (Lipinski definition) is 7. The first-order chi connectivity index (χ1) is 13.4. The van der Waals surface area contributed by atoms with Gasteiger partial charge in [-0.05, 0) is 29.8 Å². The second-order valence-electron chi connectivity index (χ2n) is 5.49. The third-order valence-corrected chi connectivity index (χ3v) is 4.49. The van der Waals surface area contributed by atoms with Crippen LogP contribution in [0.3, 0.4) is 0 Å². The van der Waals surface area contributed by atoms with Crippen LogP contribution in [0.2, 0.25) is 0 Å². The highest BCUT2D eigenvalue weighted by Gasteiger charge is 2.19. The summed E-state index contributed by atoms with van der Waals surface area (Å²) in [5.74, 6) is 0.521. The molecule has 1 amide bonds. The first-order valence-corrected chi connectivity index (χ1v) is 8.57. The summed E-state index contributed by atoms with van der Waals surface area (Å²) in [6.07, 6.45) is 1.37. The Kier molecular flexibility index (Phi) is 5.47. The van der Waals surface area contributed by atoms with Gasteiger partial charge in [-0.2, -0.15) is 5.26 Å². The molecule has 0 unspecified atom stereocenters. The van der Waals surface area contributed by atoms with Gasteiger partial charge in [-0.3, -0.25) is 14.9 Å². The van der Waals surface area contributed by atoms with E-state index in [1.807, 2.05) is 6.07 Å². The van der Waals surface area contributed by atoms with Crippen LogP contribution < -0.4 is 19.5 Å². The van der Waals surface area contributed by atoms with Gasteiger partial charge in [0.15, 0.2) is 11.5 Å². The van der Waals surface area contributed by atoms with E-state index in [-0.39, 0.29) is 29.5 Å². The number of nitro benzene ring substituents is 1. The van der Waals surface area contributed by atoms with Crippen molar-refractivity contribution in [1.82, 2.24) is 0 Å². The van der Waals surface area contributed by atoms with Crippen LogP contribution in [0.25, 0.3) is 6.08 Å². The number of hydrogen-bond donors (Lipinski definition) is 1. The minimum Gasteiger partial charge on any atom is -0.495 e. The predicted molar refractivity (Wildman–Crippen MR) is 102 cm³/mol. The van der Waals surface area contributed by atoms with Crippen LogP contribution in [0.5, 0.6) is 17.2 Å². The van der Waals surface area contributed by atoms with E-state index >= 15 is 0 Å². The zero-order valence-corrected chi connectivity index (χ0v) is 16.0. The van der Waals surface area contributed by atoms with Crippen LogP contribution in [0.1, 0.15) is 5.56 Å². The Morgan fingerprint density at radius 2 is 2.07 bits per heavy atom. The highest BCUT2D eigenvalue weighted by molar-refractivity contribution is 9.10. The molecule has 2 aromatic carbocycles. The molecule has 1 N–H and O–H groups in total. The van der Waals surface area contributed by atoms with Crippen molar-refractivity contribution in [2.75, 3.05) is 19.2 Å². The molecule has 0 atom stereocenters. The smallest absolute Gasteiger partial charge is 0.271 e. The lowest BCUT2D eigenvalue weighted by molar-refractivity contribution is -0.384. The number of nitriles is 1. The number of rotatable bonds is 5. The van der Waals surface area contributed by atoms with Gasteiger partial charge in [0.05, 0.1) is 17.7 Å². The molecule has 0 bridgehead atoms. The molecule has 10 heteroatoms. The summed E-state index contributed by atoms with van der Waals surface area (Å²) >= 11 is 3.36. The third-order valence-electron chi connectivity index (χ3n) is 3.80. The van der Waals surface area contributed by atoms with E-state index in [0.717, 1.165) is 6.07 Å². The molecule has 0 radical (unpaired) electrons. The number of nitrogens with zero attached hydrogens (tertiary/aromatic N) is 2. The molecule has 0 spiro atoms. The summed E-state index contributed by atoms with van der Waals surface area (Å²) in [6.45, 7) is 0.0904. The quantitative estimate of drug-likeness (QED) is 0.322. The molecule has 1 aliphatic rings. The first kappa shape index (κ1) is 19.2. The summed E-state index contributed by atoms with van der Waals surface area (Å²) in [5.41, 5.74) is 0.166. The largest absolute Gasteiger partial charge is 0.495 e. The molecular formula is C18H12BrN3O6. The van der Waals surface area contributed by atoms with Crippen molar-refractivity contribution in [1.29, 1.82) is 5.26 Å². The van der Waals surface area contributed by atoms with Gasteiger partial charge in [-0.15, -0.1) is 0 Å². The topological polar surface area (TPSA) is 124 Å². The second-order valence-corrected chi connectivity index (χ2v) is 6.35. The van der Waals surface area contributed by atoms with Gasteiger partial charge in [-0.1, -0.05) is 15.9 Å². The van der Waals surface area contributed by atoms with Crippen LogP contribution >= 0.6 is 15.9 Å². The zero-order valence-electron chi connectivity index (χ0n) is 14.4. The summed E-state index contributed by atoms with van der Waals surface area (Å²) < 4.78 is 16.3. The average Bonchev–Trinajstić information content (AvgIpc) is 3.12. The maximum absolute atomic E-state index is 12.5. The van der Waals surface area contributed by atoms with Crippen LogP contribution in [0, 0.1) is 21.4 Å². The van der Waals surface area contributed by atoms with Crippen LogP contribution in [0.15, 0.2) is 40.4 Å². The Hall–Kier alpha value is -3.58. The van der Waals surface area contributed by atoms with Gasteiger partial charge < -0.3 is 19.5 Å². The van der Waals surface area contributed by atoms with Gasteiger partial charge in [0.1, 0.15) is 17.4 Å². The van der Waals surface area contributed by atoms with E-state index in [0.29, 0.717) is 21.5 Å². The predicted octanol–water partition coefficient (Wildman–Crippen LogP) is 3.64. The molecule has 2 aromatic rings. The Morgan fingerprint density at radius 3 is 2.71 bits per heavy atom. The number of fused-ring (bicyclic) bond motifs is 1. The van der Waals surface area contributed by atoms with Crippen molar-refractivity contribution >= 4 is 39.3 Å². The Labute approximate surface area is 167 Å². The molecule has 1 aliphatic heterocycles. The lowest BCUT2D eigenvalue weighted by Gasteiger charge is -2.10. The van der Waals surface area contributed by atoms with Crippen molar-refractivity contribution < 1.29 is 23.9 Å². The Morgan fingerprint density at radius 1 is 1.36 bits per heavy atom. The lowest BCUT2D eigenvalue weighted by atomic mass is 10.1. The van der Waals surface area contributed by atoms with Crippen LogP contribution in [-0.2, 0) is 4.79 Å². The monoisotopic (exact) mass is 445 g/mol. The third kappa shape index (κ3) is 3.89. The number of anilines is 1. The van der Waals surface area contributed by atoms with Crippen LogP contribution in [0.4, 0.5) is 11.4 Å². The van der Waals surface area contributed by atoms with E-state index in [4.69, 9.17) is 14.2 Å². The number of carbonyl (C=O) groups is 1. The molecule has 28 heavy (non-hydrogen) atoms. The molecule has 9 nitrogen and oxygen atoms in total. The number of methoxy groups -OCH3 is 1. The maximum Gasteiger partial charge on any atom is 0.271 e. The van der Waals surface area contributed by atoms with Crippen LogP contribution in [-0.4, -0.2) is 24.7 Å². The molecule has 142 valence electrons. The number of nitro groups is 1. The number of non-ortho nitro benzene ring substituents is 1. The van der Waals surface area contributed by atoms with Crippen molar-refractivity contribution in [2.45, 2.75) is 0 Å². The standard InChI is InChI=1S/C18H12BrN3O6/c1-26-15-3-2-12(22(24)25)6-14(15)21-18(23)11(8-20)4-10-5-16-17(7-13(10)19)28-9-27-16/h2-7H,9H2,1H3,(H,21,23)/b11-4+. The number of benzene rings is 2. The SMILES string of the molecule is COc1ccc([N+](=O)[O-])cc1NC(=O)/C(C#N)=C/c1cc2c(cc1Br)OCO2. The molecule has 0 fully saturated rings. The minimum absolute atomic E-state index is 0.0765. The van der Waals surface area contributed by atoms with Gasteiger partial charge in [0.25, 0.3) is 11.6 Å². The molecule has 1 heterocycles. The Balaban J connectivity index is 1.91. The lowest BCUT2D eigenvalue weighted by Crippen LogP contribution is -2.14. The van der Waals surface area contributed by atoms with Gasteiger partial charge >= 0.3 is 0 Å². The van der Waals surface area contributed by atoms with E-state index in [9.17, 15) is 20.2 Å². The second kappa shape index (κ2) is 7.98. The number of halogens is 1. The van der Waals surface area contributed by atoms with Crippen molar-refractivity contribution in [3.8, 4) is 23.3 Å². The fourth-order valence-electron chi connectivity index (χ4n) is 2.44. The average molecular weight is 446 g/mol. The fourth-order valence-corrected chi connectivity index (χ4v) is 2.88. The van der Waals surface area contributed by atoms with Gasteiger partial charge in [0.2, 0.25) is 6.79 Å². The summed E-state index contributed by atoms with van der Waals surface area (Å²) in [4.78, 5) is 22.9. The highest BCUT2D eigenvalue weighted by Crippen LogP contribution is 2.38. The molecule has 0 saturated heterocycles. The molecule has 0 aromatic heterocycles. The maximum atomic E-state index is 12.5. The zero-order chi connectivity index (χ0) is 20.3.